The molecule has 0 aromatic heterocycles. The van der Waals surface area contributed by atoms with Gasteiger partial charge in [-0.1, -0.05) is 0 Å². The molecule has 0 bridgehead atoms. The van der Waals surface area contributed by atoms with Gasteiger partial charge < -0.3 is 19.5 Å². The fraction of sp³-hybridized carbons (Fsp3) is 0.571. The highest BCUT2D eigenvalue weighted by Gasteiger charge is 2.31. The van der Waals surface area contributed by atoms with Crippen LogP contribution in [0.25, 0.3) is 0 Å². The Morgan fingerprint density at radius 2 is 1.83 bits per heavy atom. The van der Waals surface area contributed by atoms with Crippen molar-refractivity contribution in [3.63, 3.8) is 0 Å². The maximum absolute atomic E-state index is 5.83. The first-order chi connectivity index (χ1) is 8.86. The van der Waals surface area contributed by atoms with E-state index in [2.05, 4.69) is 5.32 Å². The summed E-state index contributed by atoms with van der Waals surface area (Å²) in [7, 11) is 3.69. The maximum Gasteiger partial charge on any atom is 0.168 e. The predicted molar refractivity (Wildman–Crippen MR) is 69.0 cm³/mol. The van der Waals surface area contributed by atoms with E-state index in [1.165, 1.54) is 16.7 Å². The second-order valence-corrected chi connectivity index (χ2v) is 4.68. The van der Waals surface area contributed by atoms with Gasteiger partial charge in [-0.3, -0.25) is 0 Å². The summed E-state index contributed by atoms with van der Waals surface area (Å²) in [5.41, 5.74) is 3.78. The molecule has 0 unspecified atom stereocenters. The van der Waals surface area contributed by atoms with Gasteiger partial charge in [-0.15, -0.1) is 0 Å². The molecule has 0 aliphatic carbocycles. The van der Waals surface area contributed by atoms with E-state index in [-0.39, 0.29) is 0 Å². The summed E-state index contributed by atoms with van der Waals surface area (Å²) in [5.74, 6) is 2.89. The van der Waals surface area contributed by atoms with E-state index < -0.39 is 0 Å². The number of rotatable bonds is 4. The van der Waals surface area contributed by atoms with Gasteiger partial charge in [0.15, 0.2) is 11.5 Å². The monoisotopic (exact) mass is 249 g/mol. The molecule has 0 radical (unpaired) electrons. The second-order valence-electron chi connectivity index (χ2n) is 4.68. The lowest BCUT2D eigenvalue weighted by Gasteiger charge is -2.16. The third-order valence-corrected chi connectivity index (χ3v) is 3.69. The highest BCUT2D eigenvalue weighted by molar-refractivity contribution is 5.65. The maximum atomic E-state index is 5.83. The molecule has 0 fully saturated rings. The van der Waals surface area contributed by atoms with Crippen LogP contribution < -0.4 is 19.5 Å². The minimum atomic E-state index is 0.751. The molecule has 2 heterocycles. The largest absolute Gasteiger partial charge is 0.493 e. The normalized spacial score (nSPS) is 15.9. The van der Waals surface area contributed by atoms with Crippen LogP contribution in [-0.4, -0.2) is 33.9 Å². The summed E-state index contributed by atoms with van der Waals surface area (Å²) >= 11 is 0. The van der Waals surface area contributed by atoms with Gasteiger partial charge in [0.25, 0.3) is 0 Å². The average Bonchev–Trinajstić information content (AvgIpc) is 3.02. The summed E-state index contributed by atoms with van der Waals surface area (Å²) < 4.78 is 17.1. The number of likely N-dealkylation sites (N-methyl/N-ethyl adjacent to an activating group) is 1. The van der Waals surface area contributed by atoms with Crippen molar-refractivity contribution in [1.82, 2.24) is 5.32 Å². The summed E-state index contributed by atoms with van der Waals surface area (Å²) in [6.45, 7) is 2.46. The zero-order chi connectivity index (χ0) is 12.5. The van der Waals surface area contributed by atoms with Crippen molar-refractivity contribution in [3.05, 3.63) is 16.7 Å². The summed E-state index contributed by atoms with van der Waals surface area (Å²) in [6.07, 6.45) is 2.86. The molecule has 0 spiro atoms. The standard InChI is InChI=1S/C14H19NO3/c1-15-6-3-9-10-4-7-18-14(10)13(16-2)11-5-8-17-12(9)11/h15H,3-8H2,1-2H3. The van der Waals surface area contributed by atoms with E-state index in [1.54, 1.807) is 7.11 Å². The van der Waals surface area contributed by atoms with Gasteiger partial charge in [-0.2, -0.15) is 0 Å². The quantitative estimate of drug-likeness (QED) is 0.874. The van der Waals surface area contributed by atoms with Crippen LogP contribution in [0.1, 0.15) is 16.7 Å². The average molecular weight is 249 g/mol. The van der Waals surface area contributed by atoms with Crippen molar-refractivity contribution in [2.45, 2.75) is 19.3 Å². The fourth-order valence-corrected chi connectivity index (χ4v) is 2.89. The highest BCUT2D eigenvalue weighted by atomic mass is 16.5. The molecule has 2 aliphatic rings. The smallest absolute Gasteiger partial charge is 0.168 e. The number of nitrogens with one attached hydrogen (secondary N) is 1. The first-order valence-corrected chi connectivity index (χ1v) is 6.51. The summed E-state index contributed by atoms with van der Waals surface area (Å²) in [4.78, 5) is 0. The van der Waals surface area contributed by atoms with Crippen molar-refractivity contribution in [2.75, 3.05) is 33.9 Å². The number of ether oxygens (including phenoxy) is 3. The van der Waals surface area contributed by atoms with E-state index in [0.29, 0.717) is 0 Å². The molecule has 0 amide bonds. The van der Waals surface area contributed by atoms with E-state index in [1.807, 2.05) is 7.05 Å². The number of hydrogen-bond acceptors (Lipinski definition) is 4. The molecule has 4 nitrogen and oxygen atoms in total. The Balaban J connectivity index is 2.13. The zero-order valence-electron chi connectivity index (χ0n) is 11.0. The number of fused-ring (bicyclic) bond motifs is 2. The van der Waals surface area contributed by atoms with Gasteiger partial charge in [-0.05, 0) is 20.0 Å². The van der Waals surface area contributed by atoms with Gasteiger partial charge in [-0.25, -0.2) is 0 Å². The molecule has 0 saturated carbocycles. The van der Waals surface area contributed by atoms with E-state index in [0.717, 1.165) is 56.3 Å². The number of methoxy groups -OCH3 is 1. The van der Waals surface area contributed by atoms with Gasteiger partial charge >= 0.3 is 0 Å². The van der Waals surface area contributed by atoms with Crippen LogP contribution in [0.3, 0.4) is 0 Å². The Bertz CT molecular complexity index is 436. The van der Waals surface area contributed by atoms with Crippen molar-refractivity contribution in [3.8, 4) is 17.2 Å². The molecule has 1 N–H and O–H groups in total. The van der Waals surface area contributed by atoms with Crippen LogP contribution >= 0.6 is 0 Å². The Labute approximate surface area is 107 Å². The van der Waals surface area contributed by atoms with E-state index in [9.17, 15) is 0 Å². The molecular weight excluding hydrogens is 230 g/mol. The zero-order valence-corrected chi connectivity index (χ0v) is 11.0. The topological polar surface area (TPSA) is 39.7 Å². The molecular formula is C14H19NO3. The molecule has 1 aromatic carbocycles. The Hall–Kier alpha value is -1.42. The molecule has 2 aliphatic heterocycles. The fourth-order valence-electron chi connectivity index (χ4n) is 2.89. The molecule has 0 atom stereocenters. The van der Waals surface area contributed by atoms with E-state index >= 15 is 0 Å². The Morgan fingerprint density at radius 3 is 2.56 bits per heavy atom. The van der Waals surface area contributed by atoms with Crippen LogP contribution in [-0.2, 0) is 19.3 Å². The van der Waals surface area contributed by atoms with Crippen LogP contribution in [0.5, 0.6) is 17.2 Å². The van der Waals surface area contributed by atoms with Crippen LogP contribution in [0, 0.1) is 0 Å². The van der Waals surface area contributed by atoms with Crippen LogP contribution in [0.15, 0.2) is 0 Å². The first kappa shape index (κ1) is 11.7. The molecule has 1 aromatic rings. The minimum absolute atomic E-state index is 0.751. The number of benzene rings is 1. The van der Waals surface area contributed by atoms with Gasteiger partial charge in [0.2, 0.25) is 0 Å². The molecule has 18 heavy (non-hydrogen) atoms. The molecule has 4 heteroatoms. The van der Waals surface area contributed by atoms with Gasteiger partial charge in [0.1, 0.15) is 5.75 Å². The summed E-state index contributed by atoms with van der Waals surface area (Å²) in [5, 5.41) is 3.20. The highest BCUT2D eigenvalue weighted by Crippen LogP contribution is 2.48. The lowest BCUT2D eigenvalue weighted by molar-refractivity contribution is 0.324. The van der Waals surface area contributed by atoms with Crippen LogP contribution in [0.2, 0.25) is 0 Å². The third-order valence-electron chi connectivity index (χ3n) is 3.69. The lowest BCUT2D eigenvalue weighted by Crippen LogP contribution is -2.12. The molecule has 98 valence electrons. The Kier molecular flexibility index (Phi) is 3.04. The van der Waals surface area contributed by atoms with Gasteiger partial charge in [0, 0.05) is 29.5 Å². The van der Waals surface area contributed by atoms with Gasteiger partial charge in [0.05, 0.1) is 20.3 Å². The van der Waals surface area contributed by atoms with E-state index in [4.69, 9.17) is 14.2 Å². The van der Waals surface area contributed by atoms with Crippen molar-refractivity contribution < 1.29 is 14.2 Å². The minimum Gasteiger partial charge on any atom is -0.493 e. The predicted octanol–water partition coefficient (Wildman–Crippen LogP) is 1.33. The Morgan fingerprint density at radius 1 is 1.11 bits per heavy atom. The first-order valence-electron chi connectivity index (χ1n) is 6.51. The SMILES string of the molecule is CNCCc1c2c(c(OC)c3c1OCC3)OCC2. The van der Waals surface area contributed by atoms with Crippen LogP contribution in [0.4, 0.5) is 0 Å². The third kappa shape index (κ3) is 1.63. The lowest BCUT2D eigenvalue weighted by atomic mass is 9.96. The van der Waals surface area contributed by atoms with Crippen molar-refractivity contribution >= 4 is 0 Å². The second kappa shape index (κ2) is 4.69. The molecule has 3 rings (SSSR count). The van der Waals surface area contributed by atoms with Crippen molar-refractivity contribution in [1.29, 1.82) is 0 Å². The summed E-state index contributed by atoms with van der Waals surface area (Å²) in [6, 6.07) is 0. The molecule has 0 saturated heterocycles. The number of hydrogen-bond donors (Lipinski definition) is 1. The van der Waals surface area contributed by atoms with Crippen molar-refractivity contribution in [2.24, 2.45) is 0 Å².